The van der Waals surface area contributed by atoms with Crippen LogP contribution >= 0.6 is 51.2 Å². The molecule has 0 radical (unpaired) electrons. The number of rotatable bonds is 4. The molecule has 0 aliphatic carbocycles. The Kier molecular flexibility index (Phi) is 8.28. The summed E-state index contributed by atoms with van der Waals surface area (Å²) < 4.78 is 1.11. The van der Waals surface area contributed by atoms with Gasteiger partial charge in [0.2, 0.25) is 0 Å². The van der Waals surface area contributed by atoms with E-state index in [4.69, 9.17) is 0 Å². The maximum Gasteiger partial charge on any atom is 0.191 e. The normalized spacial score (nSPS) is 10.9. The third kappa shape index (κ3) is 5.96. The lowest BCUT2D eigenvalue weighted by Crippen LogP contribution is -2.36. The van der Waals surface area contributed by atoms with Crippen LogP contribution in [0.4, 0.5) is 0 Å². The van der Waals surface area contributed by atoms with E-state index in [0.29, 0.717) is 0 Å². The highest BCUT2D eigenvalue weighted by Gasteiger charge is 2.02. The molecule has 0 spiro atoms. The standard InChI is InChI=1S/C15H18BrN3S.HI/c1-11-8-13(16)6-5-12(11)9-18-15(17-2)19-10-14-4-3-7-20-14;/h3-8H,9-10H2,1-2H3,(H2,17,18,19);1H. The van der Waals surface area contributed by atoms with Gasteiger partial charge in [-0.15, -0.1) is 35.3 Å². The minimum atomic E-state index is 0. The lowest BCUT2D eigenvalue weighted by Gasteiger charge is -2.12. The predicted octanol–water partition coefficient (Wildman–Crippen LogP) is 4.30. The fourth-order valence-electron chi connectivity index (χ4n) is 1.84. The van der Waals surface area contributed by atoms with Crippen molar-refractivity contribution >= 4 is 57.2 Å². The van der Waals surface area contributed by atoms with E-state index in [1.165, 1.54) is 16.0 Å². The van der Waals surface area contributed by atoms with Gasteiger partial charge in [0.25, 0.3) is 0 Å². The van der Waals surface area contributed by atoms with Gasteiger partial charge in [0, 0.05) is 22.9 Å². The van der Waals surface area contributed by atoms with Gasteiger partial charge in [-0.1, -0.05) is 28.1 Å². The molecule has 2 N–H and O–H groups in total. The molecule has 0 aliphatic heterocycles. The van der Waals surface area contributed by atoms with Gasteiger partial charge in [-0.25, -0.2) is 0 Å². The number of hydrogen-bond donors (Lipinski definition) is 2. The van der Waals surface area contributed by atoms with E-state index >= 15 is 0 Å². The Morgan fingerprint density at radius 1 is 1.24 bits per heavy atom. The molecule has 3 nitrogen and oxygen atoms in total. The minimum Gasteiger partial charge on any atom is -0.352 e. The van der Waals surface area contributed by atoms with E-state index in [0.717, 1.165) is 23.5 Å². The molecule has 2 aromatic rings. The van der Waals surface area contributed by atoms with Crippen LogP contribution in [-0.4, -0.2) is 13.0 Å². The largest absolute Gasteiger partial charge is 0.352 e. The average molecular weight is 480 g/mol. The zero-order valence-electron chi connectivity index (χ0n) is 12.0. The van der Waals surface area contributed by atoms with Crippen LogP contribution in [0.5, 0.6) is 0 Å². The number of aliphatic imine (C=N–C) groups is 1. The molecule has 1 aromatic carbocycles. The van der Waals surface area contributed by atoms with Crippen molar-refractivity contribution < 1.29 is 0 Å². The lowest BCUT2D eigenvalue weighted by atomic mass is 10.1. The number of thiophene rings is 1. The van der Waals surface area contributed by atoms with Gasteiger partial charge in [0.05, 0.1) is 6.54 Å². The molecule has 0 saturated heterocycles. The van der Waals surface area contributed by atoms with Gasteiger partial charge in [0.15, 0.2) is 5.96 Å². The first kappa shape index (κ1) is 18.4. The highest BCUT2D eigenvalue weighted by molar-refractivity contribution is 14.0. The average Bonchev–Trinajstić information content (AvgIpc) is 2.94. The molecule has 0 atom stereocenters. The molecule has 2 rings (SSSR count). The summed E-state index contributed by atoms with van der Waals surface area (Å²) in [5, 5.41) is 8.73. The number of halogens is 2. The van der Waals surface area contributed by atoms with Crippen molar-refractivity contribution in [3.63, 3.8) is 0 Å². The molecule has 0 aliphatic rings. The highest BCUT2D eigenvalue weighted by atomic mass is 127. The topological polar surface area (TPSA) is 36.4 Å². The maximum atomic E-state index is 4.24. The predicted molar refractivity (Wildman–Crippen MR) is 106 cm³/mol. The Balaban J connectivity index is 0.00000220. The van der Waals surface area contributed by atoms with Crippen molar-refractivity contribution in [3.8, 4) is 0 Å². The summed E-state index contributed by atoms with van der Waals surface area (Å²) in [6.45, 7) is 3.68. The molecule has 0 fully saturated rings. The third-order valence-corrected chi connectivity index (χ3v) is 4.35. The SMILES string of the molecule is CN=C(NCc1cccs1)NCc1ccc(Br)cc1C.I. The minimum absolute atomic E-state index is 0. The first-order valence-corrected chi connectivity index (χ1v) is 8.08. The van der Waals surface area contributed by atoms with Crippen LogP contribution in [0.3, 0.4) is 0 Å². The summed E-state index contributed by atoms with van der Waals surface area (Å²) in [6, 6.07) is 10.5. The van der Waals surface area contributed by atoms with Gasteiger partial charge >= 0.3 is 0 Å². The Hall–Kier alpha value is -0.600. The number of aryl methyl sites for hydroxylation is 1. The van der Waals surface area contributed by atoms with Gasteiger partial charge < -0.3 is 10.6 Å². The summed E-state index contributed by atoms with van der Waals surface area (Å²) >= 11 is 5.22. The smallest absolute Gasteiger partial charge is 0.191 e. The van der Waals surface area contributed by atoms with Crippen LogP contribution < -0.4 is 10.6 Å². The Labute approximate surface area is 155 Å². The Morgan fingerprint density at radius 2 is 2.00 bits per heavy atom. The number of nitrogens with one attached hydrogen (secondary N) is 2. The monoisotopic (exact) mass is 479 g/mol. The van der Waals surface area contributed by atoms with E-state index < -0.39 is 0 Å². The lowest BCUT2D eigenvalue weighted by molar-refractivity contribution is 0.812. The van der Waals surface area contributed by atoms with Crippen LogP contribution in [0.2, 0.25) is 0 Å². The number of nitrogens with zero attached hydrogens (tertiary/aromatic N) is 1. The molecule has 21 heavy (non-hydrogen) atoms. The number of benzene rings is 1. The third-order valence-electron chi connectivity index (χ3n) is 2.98. The second-order valence-electron chi connectivity index (χ2n) is 4.43. The first-order valence-electron chi connectivity index (χ1n) is 6.41. The molecule has 6 heteroatoms. The second kappa shape index (κ2) is 9.42. The van der Waals surface area contributed by atoms with Crippen LogP contribution in [-0.2, 0) is 13.1 Å². The maximum absolute atomic E-state index is 4.24. The van der Waals surface area contributed by atoms with E-state index in [2.05, 4.69) is 74.2 Å². The first-order chi connectivity index (χ1) is 9.69. The molecule has 0 unspecified atom stereocenters. The summed E-state index contributed by atoms with van der Waals surface area (Å²) in [5.74, 6) is 0.820. The zero-order valence-corrected chi connectivity index (χ0v) is 16.8. The van der Waals surface area contributed by atoms with Crippen molar-refractivity contribution in [1.29, 1.82) is 0 Å². The van der Waals surface area contributed by atoms with Gasteiger partial charge in [-0.2, -0.15) is 0 Å². The van der Waals surface area contributed by atoms with Crippen LogP contribution in [0.25, 0.3) is 0 Å². The fraction of sp³-hybridized carbons (Fsp3) is 0.267. The van der Waals surface area contributed by atoms with E-state index in [-0.39, 0.29) is 24.0 Å². The molecular formula is C15H19BrIN3S. The van der Waals surface area contributed by atoms with Gasteiger partial charge in [-0.3, -0.25) is 4.99 Å². The summed E-state index contributed by atoms with van der Waals surface area (Å²) in [7, 11) is 1.79. The van der Waals surface area contributed by atoms with E-state index in [1.54, 1.807) is 18.4 Å². The second-order valence-corrected chi connectivity index (χ2v) is 6.38. The summed E-state index contributed by atoms with van der Waals surface area (Å²) in [6.07, 6.45) is 0. The number of hydrogen-bond acceptors (Lipinski definition) is 2. The van der Waals surface area contributed by atoms with Crippen molar-refractivity contribution in [2.75, 3.05) is 7.05 Å². The van der Waals surface area contributed by atoms with Gasteiger partial charge in [0.1, 0.15) is 0 Å². The van der Waals surface area contributed by atoms with Crippen molar-refractivity contribution in [2.24, 2.45) is 4.99 Å². The molecule has 1 aromatic heterocycles. The van der Waals surface area contributed by atoms with Crippen molar-refractivity contribution in [2.45, 2.75) is 20.0 Å². The quantitative estimate of drug-likeness (QED) is 0.389. The molecule has 0 bridgehead atoms. The van der Waals surface area contributed by atoms with Crippen LogP contribution in [0.15, 0.2) is 45.2 Å². The molecular weight excluding hydrogens is 461 g/mol. The van der Waals surface area contributed by atoms with E-state index in [9.17, 15) is 0 Å². The molecule has 0 saturated carbocycles. The van der Waals surface area contributed by atoms with Crippen molar-refractivity contribution in [3.05, 3.63) is 56.2 Å². The number of guanidine groups is 1. The molecule has 1 heterocycles. The van der Waals surface area contributed by atoms with E-state index in [1.807, 2.05) is 0 Å². The molecule has 0 amide bonds. The summed E-state index contributed by atoms with van der Waals surface area (Å²) in [5.41, 5.74) is 2.54. The van der Waals surface area contributed by atoms with Crippen molar-refractivity contribution in [1.82, 2.24) is 10.6 Å². The zero-order chi connectivity index (χ0) is 14.4. The highest BCUT2D eigenvalue weighted by Crippen LogP contribution is 2.15. The Bertz CT molecular complexity index is 585. The summed E-state index contributed by atoms with van der Waals surface area (Å²) in [4.78, 5) is 5.54. The van der Waals surface area contributed by atoms with Crippen LogP contribution in [0.1, 0.15) is 16.0 Å². The fourth-order valence-corrected chi connectivity index (χ4v) is 2.96. The van der Waals surface area contributed by atoms with Gasteiger partial charge in [-0.05, 0) is 41.6 Å². The molecule has 114 valence electrons. The Morgan fingerprint density at radius 3 is 2.62 bits per heavy atom. The van der Waals surface area contributed by atoms with Crippen LogP contribution in [0, 0.1) is 6.92 Å².